The number of hydrogen-bond donors (Lipinski definition) is 0. The molecule has 0 aliphatic carbocycles. The smallest absolute Gasteiger partial charge is 0.229 e. The Morgan fingerprint density at radius 1 is 0.952 bits per heavy atom. The predicted octanol–water partition coefficient (Wildman–Crippen LogP) is 5.93. The van der Waals surface area contributed by atoms with Gasteiger partial charge in [-0.15, -0.1) is 6.54 Å². The van der Waals surface area contributed by atoms with Gasteiger partial charge in [0.25, 0.3) is 0 Å². The van der Waals surface area contributed by atoms with Gasteiger partial charge in [-0.3, -0.25) is 4.79 Å². The number of hydrogen-bond acceptors (Lipinski definition) is 2. The van der Waals surface area contributed by atoms with Crippen molar-refractivity contribution in [3.05, 3.63) is 5.32 Å². The number of carbonyl (C=O) groups excluding carboxylic acids is 1. The molecule has 3 nitrogen and oxygen atoms in total. The van der Waals surface area contributed by atoms with Crippen molar-refractivity contribution in [1.82, 2.24) is 0 Å². The van der Waals surface area contributed by atoms with E-state index in [0.29, 0.717) is 25.0 Å². The molecule has 2 unspecified atom stereocenters. The molecule has 0 radical (unpaired) electrons. The number of amides is 1. The van der Waals surface area contributed by atoms with E-state index in [4.69, 9.17) is 4.74 Å². The molecular weight excluding hydrogens is 346 g/mol. The fourth-order valence-electron chi connectivity index (χ4n) is 2.25. The van der Waals surface area contributed by atoms with Crippen LogP contribution in [0, 0.1) is 11.8 Å². The molecular formula is C17H34MoNO2-. The molecule has 4 heteroatoms. The standard InChI is InChI=1S/C17H35NO2.Mo/c1-5-9-11-15(7-3)13-18-17(19)20-14-16(8-4)12-10-6-2;/h15-16H,5-14H2,1-4H3,(H,18,19);/p-1. The van der Waals surface area contributed by atoms with Crippen LogP contribution in [-0.4, -0.2) is 19.2 Å². The SMILES string of the molecule is CCCCC(CC)C[N-]C(=O)OCC(CC)CCCC.[Mo]. The van der Waals surface area contributed by atoms with Gasteiger partial charge in [-0.05, 0) is 12.3 Å². The summed E-state index contributed by atoms with van der Waals surface area (Å²) in [7, 11) is 0. The fourth-order valence-corrected chi connectivity index (χ4v) is 2.25. The van der Waals surface area contributed by atoms with Crippen molar-refractivity contribution >= 4 is 6.09 Å². The second-order valence-electron chi connectivity index (χ2n) is 5.75. The molecule has 0 saturated heterocycles. The molecule has 2 atom stereocenters. The van der Waals surface area contributed by atoms with Crippen LogP contribution in [-0.2, 0) is 25.8 Å². The maximum Gasteiger partial charge on any atom is 0.229 e. The Morgan fingerprint density at radius 3 is 1.95 bits per heavy atom. The molecule has 0 aromatic carbocycles. The Balaban J connectivity index is 0. The summed E-state index contributed by atoms with van der Waals surface area (Å²) < 4.78 is 5.29. The molecule has 0 saturated carbocycles. The Morgan fingerprint density at radius 2 is 1.48 bits per heavy atom. The predicted molar refractivity (Wildman–Crippen MR) is 86.2 cm³/mol. The first-order valence-corrected chi connectivity index (χ1v) is 8.51. The van der Waals surface area contributed by atoms with Crippen LogP contribution in [0.15, 0.2) is 0 Å². The van der Waals surface area contributed by atoms with E-state index in [0.717, 1.165) is 25.7 Å². The third kappa shape index (κ3) is 13.3. The van der Waals surface area contributed by atoms with Crippen molar-refractivity contribution in [2.45, 2.75) is 79.1 Å². The summed E-state index contributed by atoms with van der Waals surface area (Å²) in [4.78, 5) is 11.6. The molecule has 0 spiro atoms. The van der Waals surface area contributed by atoms with Crippen LogP contribution in [0.2, 0.25) is 0 Å². The summed E-state index contributed by atoms with van der Waals surface area (Å²) in [6.45, 7) is 9.86. The first kappa shape index (κ1) is 23.2. The largest absolute Gasteiger partial charge is 0.617 e. The molecule has 0 rings (SSSR count). The Hall–Kier alpha value is -0.0417. The molecule has 0 aromatic heterocycles. The van der Waals surface area contributed by atoms with E-state index in [9.17, 15) is 4.79 Å². The second kappa shape index (κ2) is 16.3. The van der Waals surface area contributed by atoms with Crippen LogP contribution in [0.4, 0.5) is 4.79 Å². The van der Waals surface area contributed by atoms with E-state index in [1.165, 1.54) is 25.7 Å². The zero-order valence-electron chi connectivity index (χ0n) is 14.4. The normalized spacial score (nSPS) is 13.1. The van der Waals surface area contributed by atoms with E-state index < -0.39 is 0 Å². The first-order valence-electron chi connectivity index (χ1n) is 8.51. The molecule has 0 N–H and O–H groups in total. The first-order chi connectivity index (χ1) is 9.67. The van der Waals surface area contributed by atoms with Gasteiger partial charge in [-0.2, -0.15) is 0 Å². The van der Waals surface area contributed by atoms with Gasteiger partial charge in [0.05, 0.1) is 6.61 Å². The average Bonchev–Trinajstić information content (AvgIpc) is 2.47. The molecule has 0 aliphatic heterocycles. The van der Waals surface area contributed by atoms with Crippen molar-refractivity contribution in [3.63, 3.8) is 0 Å². The summed E-state index contributed by atoms with van der Waals surface area (Å²) in [6, 6.07) is 0. The van der Waals surface area contributed by atoms with Crippen molar-refractivity contribution < 1.29 is 30.6 Å². The van der Waals surface area contributed by atoms with Gasteiger partial charge < -0.3 is 10.1 Å². The summed E-state index contributed by atoms with van der Waals surface area (Å²) in [5.74, 6) is 1.03. The van der Waals surface area contributed by atoms with Crippen LogP contribution in [0.5, 0.6) is 0 Å². The van der Waals surface area contributed by atoms with Crippen LogP contribution in [0.1, 0.15) is 79.1 Å². The van der Waals surface area contributed by atoms with Crippen molar-refractivity contribution in [2.75, 3.05) is 13.2 Å². The summed E-state index contributed by atoms with van der Waals surface area (Å²) in [5, 5.41) is 4.07. The molecule has 0 aromatic rings. The maximum absolute atomic E-state index is 11.6. The third-order valence-electron chi connectivity index (χ3n) is 4.01. The van der Waals surface area contributed by atoms with Crippen molar-refractivity contribution in [1.29, 1.82) is 0 Å². The average molecular weight is 380 g/mol. The minimum absolute atomic E-state index is 0. The van der Waals surface area contributed by atoms with Gasteiger partial charge in [0, 0.05) is 21.1 Å². The fraction of sp³-hybridized carbons (Fsp3) is 0.941. The number of carbonyl (C=O) groups is 1. The topological polar surface area (TPSA) is 40.4 Å². The van der Waals surface area contributed by atoms with Crippen molar-refractivity contribution in [2.24, 2.45) is 11.8 Å². The van der Waals surface area contributed by atoms with Gasteiger partial charge in [-0.25, -0.2) is 0 Å². The Kier molecular flexibility index (Phi) is 18.1. The molecule has 0 bridgehead atoms. The van der Waals surface area contributed by atoms with Gasteiger partial charge in [0.2, 0.25) is 6.09 Å². The summed E-state index contributed by atoms with van der Waals surface area (Å²) >= 11 is 0. The Bertz CT molecular complexity index is 215. The van der Waals surface area contributed by atoms with E-state index in [2.05, 4.69) is 33.0 Å². The molecule has 21 heavy (non-hydrogen) atoms. The molecule has 0 heterocycles. The Labute approximate surface area is 146 Å². The minimum atomic E-state index is -0.366. The molecule has 1 amide bonds. The molecule has 0 aliphatic rings. The van der Waals surface area contributed by atoms with Crippen LogP contribution in [0.3, 0.4) is 0 Å². The van der Waals surface area contributed by atoms with Crippen molar-refractivity contribution in [3.8, 4) is 0 Å². The molecule has 126 valence electrons. The van der Waals surface area contributed by atoms with Gasteiger partial charge in [0.15, 0.2) is 0 Å². The molecule has 0 fully saturated rings. The van der Waals surface area contributed by atoms with E-state index in [1.807, 2.05) is 0 Å². The van der Waals surface area contributed by atoms with Crippen LogP contribution < -0.4 is 0 Å². The van der Waals surface area contributed by atoms with E-state index in [1.54, 1.807) is 0 Å². The van der Waals surface area contributed by atoms with Gasteiger partial charge >= 0.3 is 0 Å². The van der Waals surface area contributed by atoms with E-state index in [-0.39, 0.29) is 27.2 Å². The maximum atomic E-state index is 11.6. The third-order valence-corrected chi connectivity index (χ3v) is 4.01. The second-order valence-corrected chi connectivity index (χ2v) is 5.75. The number of rotatable bonds is 12. The van der Waals surface area contributed by atoms with Gasteiger partial charge in [0.1, 0.15) is 0 Å². The monoisotopic (exact) mass is 382 g/mol. The zero-order chi connectivity index (χ0) is 15.2. The zero-order valence-corrected chi connectivity index (χ0v) is 16.4. The quantitative estimate of drug-likeness (QED) is 0.394. The number of nitrogens with zero attached hydrogens (tertiary/aromatic N) is 1. The van der Waals surface area contributed by atoms with E-state index >= 15 is 0 Å². The van der Waals surface area contributed by atoms with Gasteiger partial charge in [-0.1, -0.05) is 78.6 Å². The number of unbranched alkanes of at least 4 members (excludes halogenated alkanes) is 2. The van der Waals surface area contributed by atoms with Crippen LogP contribution in [0.25, 0.3) is 5.32 Å². The summed E-state index contributed by atoms with van der Waals surface area (Å²) in [6.07, 6.45) is 8.94. The minimum Gasteiger partial charge on any atom is -0.617 e. The number of ether oxygens (including phenoxy) is 1. The summed E-state index contributed by atoms with van der Waals surface area (Å²) in [5.41, 5.74) is 0. The van der Waals surface area contributed by atoms with Crippen LogP contribution >= 0.6 is 0 Å².